The average Bonchev–Trinajstić information content (AvgIpc) is 3.40. The molecular weight excluding hydrogens is 516 g/mol. The molecule has 1 aromatic heterocycles. The number of aromatic nitrogens is 1. The van der Waals surface area contributed by atoms with Gasteiger partial charge in [-0.05, 0) is 37.5 Å². The number of hydrogen-bond acceptors (Lipinski definition) is 8. The molecule has 0 saturated carbocycles. The Hall–Kier alpha value is -3.93. The summed E-state index contributed by atoms with van der Waals surface area (Å²) in [5, 5.41) is 3.32. The van der Waals surface area contributed by atoms with Crippen LogP contribution in [-0.4, -0.2) is 109 Å². The zero-order valence-electron chi connectivity index (χ0n) is 23.2. The van der Waals surface area contributed by atoms with Crippen LogP contribution in [0.3, 0.4) is 0 Å². The maximum Gasteiger partial charge on any atom is 0.409 e. The van der Waals surface area contributed by atoms with Gasteiger partial charge in [-0.15, -0.1) is 0 Å². The number of carbonyl (C=O) groups excluding carboxylic acids is 4. The fourth-order valence-electron chi connectivity index (χ4n) is 4.68. The van der Waals surface area contributed by atoms with Gasteiger partial charge in [0.25, 0.3) is 11.8 Å². The fourth-order valence-corrected chi connectivity index (χ4v) is 4.68. The molecule has 4 rings (SSSR count). The molecule has 2 aromatic rings. The van der Waals surface area contributed by atoms with E-state index in [1.165, 1.54) is 6.07 Å². The number of rotatable bonds is 9. The predicted molar refractivity (Wildman–Crippen MR) is 148 cm³/mol. The van der Waals surface area contributed by atoms with E-state index in [0.29, 0.717) is 62.5 Å². The third-order valence-electron chi connectivity index (χ3n) is 7.10. The number of ether oxygens (including phenoxy) is 2. The minimum Gasteiger partial charge on any atom is -0.483 e. The number of carbonyl (C=O) groups is 4. The number of pyridine rings is 1. The molecule has 0 unspecified atom stereocenters. The second-order valence-corrected chi connectivity index (χ2v) is 10.2. The van der Waals surface area contributed by atoms with E-state index >= 15 is 0 Å². The lowest BCUT2D eigenvalue weighted by Crippen LogP contribution is -2.52. The minimum absolute atomic E-state index is 0.0254. The van der Waals surface area contributed by atoms with Gasteiger partial charge in [-0.2, -0.15) is 0 Å². The van der Waals surface area contributed by atoms with Gasteiger partial charge in [0.05, 0.1) is 18.7 Å². The van der Waals surface area contributed by atoms with Crippen LogP contribution in [0, 0.1) is 6.92 Å². The van der Waals surface area contributed by atoms with Crippen molar-refractivity contribution in [3.8, 4) is 5.75 Å². The lowest BCUT2D eigenvalue weighted by atomic mass is 10.1. The lowest BCUT2D eigenvalue weighted by Gasteiger charge is -2.34. The molecule has 1 atom stereocenters. The highest BCUT2D eigenvalue weighted by atomic mass is 16.6. The van der Waals surface area contributed by atoms with Crippen LogP contribution >= 0.6 is 0 Å². The number of benzene rings is 1. The maximum atomic E-state index is 13.0. The van der Waals surface area contributed by atoms with Gasteiger partial charge in [0.1, 0.15) is 11.4 Å². The van der Waals surface area contributed by atoms with E-state index in [4.69, 9.17) is 15.2 Å². The van der Waals surface area contributed by atoms with Crippen molar-refractivity contribution in [2.75, 3.05) is 59.0 Å². The van der Waals surface area contributed by atoms with Crippen LogP contribution in [0.2, 0.25) is 0 Å². The number of nitrogens with two attached hydrogens (primary N) is 1. The zero-order valence-corrected chi connectivity index (χ0v) is 23.2. The van der Waals surface area contributed by atoms with Gasteiger partial charge in [0.2, 0.25) is 5.91 Å². The molecule has 0 radical (unpaired) electrons. The highest BCUT2D eigenvalue weighted by Gasteiger charge is 2.26. The van der Waals surface area contributed by atoms with Crippen molar-refractivity contribution in [1.29, 1.82) is 0 Å². The molecular formula is C28H38N6O6. The van der Waals surface area contributed by atoms with Gasteiger partial charge >= 0.3 is 6.09 Å². The summed E-state index contributed by atoms with van der Waals surface area (Å²) in [6.45, 7) is 6.50. The Morgan fingerprint density at radius 2 is 1.77 bits per heavy atom. The minimum atomic E-state index is -0.531. The quantitative estimate of drug-likeness (QED) is 0.441. The maximum absolute atomic E-state index is 13.0. The van der Waals surface area contributed by atoms with Gasteiger partial charge in [-0.25, -0.2) is 9.78 Å². The van der Waals surface area contributed by atoms with Crippen LogP contribution in [0.1, 0.15) is 42.2 Å². The second kappa shape index (κ2) is 13.4. The number of nitrogens with one attached hydrogen (secondary N) is 1. The number of aryl methyl sites for hydroxylation is 1. The molecule has 0 bridgehead atoms. The van der Waals surface area contributed by atoms with E-state index in [-0.39, 0.29) is 42.8 Å². The third kappa shape index (κ3) is 7.38. The van der Waals surface area contributed by atoms with E-state index in [1.54, 1.807) is 14.7 Å². The van der Waals surface area contributed by atoms with Crippen LogP contribution < -0.4 is 15.8 Å². The Balaban J connectivity index is 1.34. The molecule has 0 aliphatic carbocycles. The predicted octanol–water partition coefficient (Wildman–Crippen LogP) is 1.29. The van der Waals surface area contributed by atoms with Gasteiger partial charge in [-0.1, -0.05) is 19.4 Å². The first-order chi connectivity index (χ1) is 19.2. The molecule has 2 saturated heterocycles. The van der Waals surface area contributed by atoms with Crippen LogP contribution in [0.5, 0.6) is 5.75 Å². The first kappa shape index (κ1) is 29.1. The van der Waals surface area contributed by atoms with Crippen LogP contribution in [0.15, 0.2) is 24.3 Å². The van der Waals surface area contributed by atoms with Crippen molar-refractivity contribution in [2.45, 2.75) is 39.2 Å². The van der Waals surface area contributed by atoms with Crippen LogP contribution in [0.4, 0.5) is 4.79 Å². The summed E-state index contributed by atoms with van der Waals surface area (Å²) >= 11 is 0. The second-order valence-electron chi connectivity index (χ2n) is 10.2. The molecule has 2 aliphatic rings. The molecule has 40 heavy (non-hydrogen) atoms. The highest BCUT2D eigenvalue weighted by molar-refractivity contribution is 5.98. The number of piperazine rings is 1. The van der Waals surface area contributed by atoms with E-state index in [9.17, 15) is 19.2 Å². The van der Waals surface area contributed by atoms with Gasteiger partial charge in [-0.3, -0.25) is 14.4 Å². The van der Waals surface area contributed by atoms with Crippen LogP contribution in [0.25, 0.3) is 10.9 Å². The van der Waals surface area contributed by atoms with Crippen molar-refractivity contribution < 1.29 is 28.7 Å². The highest BCUT2D eigenvalue weighted by Crippen LogP contribution is 2.27. The first-order valence-corrected chi connectivity index (χ1v) is 13.8. The summed E-state index contributed by atoms with van der Waals surface area (Å²) in [6, 6.07) is 7.04. The Labute approximate surface area is 233 Å². The zero-order chi connectivity index (χ0) is 28.6. The van der Waals surface area contributed by atoms with Crippen molar-refractivity contribution in [1.82, 2.24) is 25.0 Å². The van der Waals surface area contributed by atoms with Crippen molar-refractivity contribution >= 4 is 34.7 Å². The summed E-state index contributed by atoms with van der Waals surface area (Å²) in [5.41, 5.74) is 7.49. The Morgan fingerprint density at radius 1 is 1.02 bits per heavy atom. The number of amides is 4. The number of fused-ring (bicyclic) bond motifs is 1. The van der Waals surface area contributed by atoms with Crippen molar-refractivity contribution in [2.24, 2.45) is 5.73 Å². The third-order valence-corrected chi connectivity index (χ3v) is 7.10. The Bertz CT molecular complexity index is 1250. The largest absolute Gasteiger partial charge is 0.483 e. The fraction of sp³-hybridized carbons (Fsp3) is 0.536. The van der Waals surface area contributed by atoms with Gasteiger partial charge in [0.15, 0.2) is 6.61 Å². The summed E-state index contributed by atoms with van der Waals surface area (Å²) in [7, 11) is 0. The standard InChI is InChI=1S/C28H38N6O6/c1-3-4-13-39-28(38)33-11-9-32(10-12-33)25(35)16-30-27(37)23-15-24(21-6-5-19(2)14-22(21)31-23)40-18-26(36)34-8-7-20(29)17-34/h5-6,14-15,20H,3-4,7-13,16-18,29H2,1-2H3,(H,30,37)/t20-/m0/s1. The topological polar surface area (TPSA) is 147 Å². The van der Waals surface area contributed by atoms with Gasteiger partial charge < -0.3 is 35.2 Å². The molecule has 12 nitrogen and oxygen atoms in total. The van der Waals surface area contributed by atoms with E-state index < -0.39 is 5.91 Å². The molecule has 0 spiro atoms. The monoisotopic (exact) mass is 554 g/mol. The molecule has 2 aliphatic heterocycles. The molecule has 3 heterocycles. The molecule has 2 fully saturated rings. The number of hydrogen-bond donors (Lipinski definition) is 2. The average molecular weight is 555 g/mol. The van der Waals surface area contributed by atoms with Gasteiger partial charge in [0, 0.05) is 56.8 Å². The smallest absolute Gasteiger partial charge is 0.409 e. The van der Waals surface area contributed by atoms with Crippen molar-refractivity contribution in [3.05, 3.63) is 35.5 Å². The van der Waals surface area contributed by atoms with E-state index in [2.05, 4.69) is 10.3 Å². The number of nitrogens with zero attached hydrogens (tertiary/aromatic N) is 4. The molecule has 1 aromatic carbocycles. The summed E-state index contributed by atoms with van der Waals surface area (Å²) < 4.78 is 11.1. The molecule has 12 heteroatoms. The summed E-state index contributed by atoms with van der Waals surface area (Å²) in [6.07, 6.45) is 2.15. The van der Waals surface area contributed by atoms with E-state index in [1.807, 2.05) is 32.0 Å². The molecule has 216 valence electrons. The normalized spacial score (nSPS) is 17.2. The number of likely N-dealkylation sites (tertiary alicyclic amines) is 1. The van der Waals surface area contributed by atoms with E-state index in [0.717, 1.165) is 24.8 Å². The first-order valence-electron chi connectivity index (χ1n) is 13.8. The summed E-state index contributed by atoms with van der Waals surface area (Å²) in [4.78, 5) is 59.8. The Morgan fingerprint density at radius 3 is 2.48 bits per heavy atom. The summed E-state index contributed by atoms with van der Waals surface area (Å²) in [5.74, 6) is -0.595. The van der Waals surface area contributed by atoms with Crippen LogP contribution in [-0.2, 0) is 14.3 Å². The lowest BCUT2D eigenvalue weighted by molar-refractivity contribution is -0.132. The molecule has 3 N–H and O–H groups in total. The van der Waals surface area contributed by atoms with Crippen molar-refractivity contribution in [3.63, 3.8) is 0 Å². The number of unbranched alkanes of at least 4 members (excludes halogenated alkanes) is 1. The Kier molecular flexibility index (Phi) is 9.75. The SMILES string of the molecule is CCCCOC(=O)N1CCN(C(=O)CNC(=O)c2cc(OCC(=O)N3CC[C@H](N)C3)c3ccc(C)cc3n2)CC1. The molecule has 4 amide bonds.